The first-order chi connectivity index (χ1) is 15.2. The Labute approximate surface area is 188 Å². The molecule has 2 heterocycles. The molecule has 1 aromatic carbocycles. The fourth-order valence-corrected chi connectivity index (χ4v) is 4.06. The van der Waals surface area contributed by atoms with Crippen LogP contribution in [0.25, 0.3) is 0 Å². The number of methoxy groups -OCH3 is 2. The van der Waals surface area contributed by atoms with Crippen molar-refractivity contribution in [2.45, 2.75) is 19.4 Å². The van der Waals surface area contributed by atoms with Crippen molar-refractivity contribution in [3.05, 3.63) is 40.8 Å². The van der Waals surface area contributed by atoms with Crippen molar-refractivity contribution >= 4 is 40.2 Å². The van der Waals surface area contributed by atoms with E-state index in [1.54, 1.807) is 37.4 Å². The van der Waals surface area contributed by atoms with E-state index in [0.29, 0.717) is 17.1 Å². The molecule has 0 radical (unpaired) electrons. The van der Waals surface area contributed by atoms with E-state index in [-0.39, 0.29) is 17.2 Å². The highest BCUT2D eigenvalue weighted by Gasteiger charge is 2.49. The zero-order valence-corrected chi connectivity index (χ0v) is 18.8. The van der Waals surface area contributed by atoms with Crippen LogP contribution in [0.1, 0.15) is 29.8 Å². The molecule has 170 valence electrons. The number of nitrogens with zero attached hydrogens (tertiary/aromatic N) is 1. The summed E-state index contributed by atoms with van der Waals surface area (Å²) in [6.07, 6.45) is 0. The second-order valence-electron chi connectivity index (χ2n) is 6.95. The molecule has 0 unspecified atom stereocenters. The normalized spacial score (nSPS) is 17.7. The van der Waals surface area contributed by atoms with E-state index < -0.39 is 35.9 Å². The maximum Gasteiger partial charge on any atom is 0.341 e. The van der Waals surface area contributed by atoms with E-state index in [2.05, 4.69) is 10.6 Å². The summed E-state index contributed by atoms with van der Waals surface area (Å²) in [4.78, 5) is 51.0. The van der Waals surface area contributed by atoms with Crippen molar-refractivity contribution < 1.29 is 33.4 Å². The van der Waals surface area contributed by atoms with E-state index in [0.717, 1.165) is 16.2 Å². The fourth-order valence-electron chi connectivity index (χ4n) is 3.27. The molecule has 1 aliphatic heterocycles. The predicted octanol–water partition coefficient (Wildman–Crippen LogP) is 2.35. The Morgan fingerprint density at radius 3 is 2.53 bits per heavy atom. The molecule has 10 nitrogen and oxygen atoms in total. The summed E-state index contributed by atoms with van der Waals surface area (Å²) in [6.45, 7) is 2.90. The maximum atomic E-state index is 13.1. The van der Waals surface area contributed by atoms with Crippen molar-refractivity contribution in [3.63, 3.8) is 0 Å². The van der Waals surface area contributed by atoms with Gasteiger partial charge in [-0.3, -0.25) is 14.5 Å². The number of carbonyl (C=O) groups excluding carboxylic acids is 4. The SMILES string of the molecule is CCOC(=O)c1ccsc1NC(=O)CN1C(=O)N[C@@](C)(c2ccc(OC)c(OC)c2)C1=O. The number of rotatable bonds is 8. The van der Waals surface area contributed by atoms with Gasteiger partial charge in [0, 0.05) is 0 Å². The molecule has 11 heteroatoms. The topological polar surface area (TPSA) is 123 Å². The summed E-state index contributed by atoms with van der Waals surface area (Å²) >= 11 is 1.13. The standard InChI is InChI=1S/C21H23N3O7S/c1-5-31-18(26)13-8-9-32-17(13)22-16(25)11-24-19(27)21(2,23-20(24)28)12-6-7-14(29-3)15(10-12)30-4/h6-10H,5,11H2,1-4H3,(H,22,25)(H,23,28)/t21-/m0/s1. The molecule has 1 fully saturated rings. The summed E-state index contributed by atoms with van der Waals surface area (Å²) in [6, 6.07) is 5.68. The number of nitrogens with one attached hydrogen (secondary N) is 2. The van der Waals surface area contributed by atoms with Gasteiger partial charge in [-0.15, -0.1) is 11.3 Å². The molecule has 1 aromatic heterocycles. The number of carbonyl (C=O) groups is 4. The van der Waals surface area contributed by atoms with Crippen LogP contribution in [0.15, 0.2) is 29.6 Å². The molecule has 0 saturated carbocycles. The van der Waals surface area contributed by atoms with E-state index in [4.69, 9.17) is 14.2 Å². The van der Waals surface area contributed by atoms with E-state index in [1.165, 1.54) is 20.3 Å². The first-order valence-corrected chi connectivity index (χ1v) is 10.5. The lowest BCUT2D eigenvalue weighted by Gasteiger charge is -2.23. The highest BCUT2D eigenvalue weighted by atomic mass is 32.1. The number of esters is 1. The molecular formula is C21H23N3O7S. The van der Waals surface area contributed by atoms with Crippen molar-refractivity contribution in [2.24, 2.45) is 0 Å². The van der Waals surface area contributed by atoms with E-state index in [1.807, 2.05) is 0 Å². The fraction of sp³-hybridized carbons (Fsp3) is 0.333. The molecule has 2 aromatic rings. The number of urea groups is 1. The minimum Gasteiger partial charge on any atom is -0.493 e. The average Bonchev–Trinajstić information content (AvgIpc) is 3.32. The van der Waals surface area contributed by atoms with Crippen molar-refractivity contribution in [3.8, 4) is 11.5 Å². The average molecular weight is 461 g/mol. The van der Waals surface area contributed by atoms with Crippen LogP contribution in [-0.2, 0) is 19.9 Å². The van der Waals surface area contributed by atoms with Gasteiger partial charge in [-0.05, 0) is 43.0 Å². The molecular weight excluding hydrogens is 438 g/mol. The van der Waals surface area contributed by atoms with Crippen LogP contribution in [0.5, 0.6) is 11.5 Å². The third-order valence-corrected chi connectivity index (χ3v) is 5.78. The molecule has 0 aliphatic carbocycles. The Kier molecular flexibility index (Phi) is 6.68. The maximum absolute atomic E-state index is 13.1. The Morgan fingerprint density at radius 1 is 1.16 bits per heavy atom. The van der Waals surface area contributed by atoms with Crippen LogP contribution in [0.4, 0.5) is 9.80 Å². The van der Waals surface area contributed by atoms with Gasteiger partial charge in [-0.2, -0.15) is 0 Å². The van der Waals surface area contributed by atoms with E-state index in [9.17, 15) is 19.2 Å². The molecule has 3 rings (SSSR count). The van der Waals surface area contributed by atoms with Crippen LogP contribution in [0.3, 0.4) is 0 Å². The number of benzene rings is 1. The third-order valence-electron chi connectivity index (χ3n) is 4.95. The van der Waals surface area contributed by atoms with Crippen LogP contribution >= 0.6 is 11.3 Å². The zero-order valence-electron chi connectivity index (χ0n) is 18.0. The van der Waals surface area contributed by atoms with Crippen LogP contribution in [0, 0.1) is 0 Å². The molecule has 1 atom stereocenters. The Hall–Kier alpha value is -3.60. The number of amides is 4. The van der Waals surface area contributed by atoms with Crippen LogP contribution in [0.2, 0.25) is 0 Å². The Bertz CT molecular complexity index is 1070. The first-order valence-electron chi connectivity index (χ1n) is 9.66. The summed E-state index contributed by atoms with van der Waals surface area (Å²) in [7, 11) is 2.95. The summed E-state index contributed by atoms with van der Waals surface area (Å²) in [5.41, 5.74) is -0.715. The van der Waals surface area contributed by atoms with Gasteiger partial charge in [0.05, 0.1) is 26.4 Å². The van der Waals surface area contributed by atoms with Gasteiger partial charge in [0.2, 0.25) is 5.91 Å². The van der Waals surface area contributed by atoms with Crippen molar-refractivity contribution in [1.82, 2.24) is 10.2 Å². The predicted molar refractivity (Wildman–Crippen MR) is 116 cm³/mol. The number of imide groups is 1. The molecule has 1 aliphatic rings. The molecule has 32 heavy (non-hydrogen) atoms. The van der Waals surface area contributed by atoms with Gasteiger partial charge in [0.1, 0.15) is 17.1 Å². The first kappa shape index (κ1) is 23.1. The number of ether oxygens (including phenoxy) is 3. The van der Waals surface area contributed by atoms with Gasteiger partial charge in [-0.25, -0.2) is 9.59 Å². The quantitative estimate of drug-likeness (QED) is 0.457. The Balaban J connectivity index is 1.76. The highest BCUT2D eigenvalue weighted by Crippen LogP contribution is 2.35. The van der Waals surface area contributed by atoms with Gasteiger partial charge in [0.25, 0.3) is 5.91 Å². The molecule has 1 saturated heterocycles. The largest absolute Gasteiger partial charge is 0.493 e. The smallest absolute Gasteiger partial charge is 0.341 e. The summed E-state index contributed by atoms with van der Waals surface area (Å²) in [5.74, 6) is -0.922. The lowest BCUT2D eigenvalue weighted by molar-refractivity contribution is -0.133. The van der Waals surface area contributed by atoms with Gasteiger partial charge in [0.15, 0.2) is 11.5 Å². The summed E-state index contributed by atoms with van der Waals surface area (Å²) in [5, 5.41) is 7.11. The molecule has 0 spiro atoms. The minimum absolute atomic E-state index is 0.194. The highest BCUT2D eigenvalue weighted by molar-refractivity contribution is 7.14. The molecule has 2 N–H and O–H groups in total. The Morgan fingerprint density at radius 2 is 1.88 bits per heavy atom. The number of hydrogen-bond acceptors (Lipinski definition) is 8. The van der Waals surface area contributed by atoms with E-state index >= 15 is 0 Å². The zero-order chi connectivity index (χ0) is 23.5. The number of anilines is 1. The summed E-state index contributed by atoms with van der Waals surface area (Å²) < 4.78 is 15.4. The van der Waals surface area contributed by atoms with Crippen LogP contribution in [-0.4, -0.2) is 56.1 Å². The third kappa shape index (κ3) is 4.24. The lowest BCUT2D eigenvalue weighted by Crippen LogP contribution is -2.42. The van der Waals surface area contributed by atoms with Gasteiger partial charge in [-0.1, -0.05) is 6.07 Å². The number of hydrogen-bond donors (Lipinski definition) is 2. The van der Waals surface area contributed by atoms with Gasteiger partial charge < -0.3 is 24.8 Å². The second-order valence-corrected chi connectivity index (χ2v) is 7.86. The minimum atomic E-state index is -1.39. The van der Waals surface area contributed by atoms with Crippen molar-refractivity contribution in [2.75, 3.05) is 32.7 Å². The lowest BCUT2D eigenvalue weighted by atomic mass is 9.91. The molecule has 0 bridgehead atoms. The van der Waals surface area contributed by atoms with Crippen molar-refractivity contribution in [1.29, 1.82) is 0 Å². The molecule has 4 amide bonds. The monoisotopic (exact) mass is 461 g/mol. The van der Waals surface area contributed by atoms with Crippen LogP contribution < -0.4 is 20.1 Å². The van der Waals surface area contributed by atoms with Gasteiger partial charge >= 0.3 is 12.0 Å². The second kappa shape index (κ2) is 9.27. The number of thiophene rings is 1.